The van der Waals surface area contributed by atoms with Crippen LogP contribution in [0.15, 0.2) is 28.4 Å². The van der Waals surface area contributed by atoms with Gasteiger partial charge in [-0.15, -0.1) is 0 Å². The number of ether oxygens (including phenoxy) is 2. The molecular formula is C24H32N6O3S. The molecule has 3 aliphatic heterocycles. The molecule has 1 saturated carbocycles. The molecule has 0 radical (unpaired) electrons. The number of aliphatic hydroxyl groups excluding tert-OH is 1. The van der Waals surface area contributed by atoms with E-state index in [0.29, 0.717) is 12.3 Å². The third-order valence-corrected chi connectivity index (χ3v) is 8.95. The number of nitrogens with zero attached hydrogens (tertiary/aromatic N) is 4. The minimum Gasteiger partial charge on any atom is -0.488 e. The van der Waals surface area contributed by atoms with Crippen molar-refractivity contribution in [2.45, 2.75) is 73.2 Å². The molecule has 2 saturated heterocycles. The van der Waals surface area contributed by atoms with E-state index in [1.165, 1.54) is 11.8 Å². The summed E-state index contributed by atoms with van der Waals surface area (Å²) in [5.74, 6) is 2.33. The third-order valence-electron chi connectivity index (χ3n) is 8.00. The van der Waals surface area contributed by atoms with E-state index in [1.54, 1.807) is 12.4 Å². The lowest BCUT2D eigenvalue weighted by Gasteiger charge is -2.41. The van der Waals surface area contributed by atoms with E-state index in [-0.39, 0.29) is 29.7 Å². The first-order valence-corrected chi connectivity index (χ1v) is 13.0. The van der Waals surface area contributed by atoms with Gasteiger partial charge < -0.3 is 30.5 Å². The Bertz CT molecular complexity index is 1070. The van der Waals surface area contributed by atoms with E-state index < -0.39 is 0 Å². The van der Waals surface area contributed by atoms with Gasteiger partial charge in [0.15, 0.2) is 17.4 Å². The van der Waals surface area contributed by atoms with Gasteiger partial charge in [0.25, 0.3) is 0 Å². The molecule has 10 heteroatoms. The van der Waals surface area contributed by atoms with Crippen molar-refractivity contribution in [3.63, 3.8) is 0 Å². The van der Waals surface area contributed by atoms with Crippen molar-refractivity contribution in [3.05, 3.63) is 24.2 Å². The second-order valence-corrected chi connectivity index (χ2v) is 11.2. The van der Waals surface area contributed by atoms with Crippen molar-refractivity contribution >= 4 is 23.4 Å². The van der Waals surface area contributed by atoms with Crippen LogP contribution < -0.4 is 20.7 Å². The average Bonchev–Trinajstić information content (AvgIpc) is 3.61. The van der Waals surface area contributed by atoms with Gasteiger partial charge in [-0.25, -0.2) is 15.0 Å². The number of pyridine rings is 1. The fourth-order valence-corrected chi connectivity index (χ4v) is 6.36. The Balaban J connectivity index is 1.19. The van der Waals surface area contributed by atoms with Crippen LogP contribution in [-0.2, 0) is 11.3 Å². The van der Waals surface area contributed by atoms with E-state index in [9.17, 15) is 5.11 Å². The number of fused-ring (bicyclic) bond motifs is 1. The highest BCUT2D eigenvalue weighted by atomic mass is 32.2. The highest BCUT2D eigenvalue weighted by Gasteiger charge is 2.48. The second-order valence-electron chi connectivity index (χ2n) is 10.1. The van der Waals surface area contributed by atoms with Crippen molar-refractivity contribution < 1.29 is 14.6 Å². The summed E-state index contributed by atoms with van der Waals surface area (Å²) in [6, 6.07) is 2.02. The SMILES string of the molecule is C[C@@H]1OCC2(CCN(c3ncc(Sc4ccnc5c4OCCC4(CC4)N5)nc3CO)CC2)[C@@H]1N. The average molecular weight is 485 g/mol. The Morgan fingerprint density at radius 3 is 2.76 bits per heavy atom. The summed E-state index contributed by atoms with van der Waals surface area (Å²) >= 11 is 1.49. The molecule has 34 heavy (non-hydrogen) atoms. The monoisotopic (exact) mass is 484 g/mol. The Morgan fingerprint density at radius 1 is 1.24 bits per heavy atom. The van der Waals surface area contributed by atoms with E-state index in [4.69, 9.17) is 25.2 Å². The third kappa shape index (κ3) is 3.90. The van der Waals surface area contributed by atoms with Gasteiger partial charge in [0, 0.05) is 42.7 Å². The first kappa shape index (κ1) is 22.3. The molecule has 6 rings (SSSR count). The highest BCUT2D eigenvalue weighted by molar-refractivity contribution is 7.99. The van der Waals surface area contributed by atoms with Crippen molar-refractivity contribution in [3.8, 4) is 5.75 Å². The quantitative estimate of drug-likeness (QED) is 0.597. The first-order valence-electron chi connectivity index (χ1n) is 12.2. The van der Waals surface area contributed by atoms with Gasteiger partial charge in [0.2, 0.25) is 0 Å². The smallest absolute Gasteiger partial charge is 0.175 e. The second kappa shape index (κ2) is 8.51. The zero-order valence-corrected chi connectivity index (χ0v) is 20.3. The number of hydrogen-bond acceptors (Lipinski definition) is 10. The molecule has 2 aromatic heterocycles. The van der Waals surface area contributed by atoms with E-state index in [2.05, 4.69) is 22.1 Å². The molecule has 0 bridgehead atoms. The largest absolute Gasteiger partial charge is 0.488 e. The Morgan fingerprint density at radius 2 is 2.06 bits per heavy atom. The van der Waals surface area contributed by atoms with Crippen LogP contribution in [0.2, 0.25) is 0 Å². The summed E-state index contributed by atoms with van der Waals surface area (Å²) < 4.78 is 11.9. The van der Waals surface area contributed by atoms with Gasteiger partial charge in [0.1, 0.15) is 10.7 Å². The summed E-state index contributed by atoms with van der Waals surface area (Å²) in [7, 11) is 0. The number of nitrogens with two attached hydrogens (primary N) is 1. The van der Waals surface area contributed by atoms with Crippen LogP contribution in [0.25, 0.3) is 0 Å². The summed E-state index contributed by atoms with van der Waals surface area (Å²) in [6.07, 6.45) is 8.92. The molecular weight excluding hydrogens is 452 g/mol. The van der Waals surface area contributed by atoms with Gasteiger partial charge >= 0.3 is 0 Å². The summed E-state index contributed by atoms with van der Waals surface area (Å²) in [5.41, 5.74) is 7.27. The van der Waals surface area contributed by atoms with Crippen LogP contribution >= 0.6 is 11.8 Å². The zero-order chi connectivity index (χ0) is 23.3. The van der Waals surface area contributed by atoms with Gasteiger partial charge in [0.05, 0.1) is 37.0 Å². The zero-order valence-electron chi connectivity index (χ0n) is 19.5. The van der Waals surface area contributed by atoms with Crippen LogP contribution in [0, 0.1) is 5.41 Å². The summed E-state index contributed by atoms with van der Waals surface area (Å²) in [5, 5.41) is 14.4. The number of rotatable bonds is 4. The van der Waals surface area contributed by atoms with Crippen LogP contribution in [-0.4, -0.2) is 64.0 Å². The van der Waals surface area contributed by atoms with Crippen LogP contribution in [0.1, 0.15) is 44.7 Å². The normalized spacial score (nSPS) is 26.6. The predicted octanol–water partition coefficient (Wildman–Crippen LogP) is 2.57. The fraction of sp³-hybridized carbons (Fsp3) is 0.625. The summed E-state index contributed by atoms with van der Waals surface area (Å²) in [4.78, 5) is 17.2. The Labute approximate surface area is 203 Å². The van der Waals surface area contributed by atoms with Crippen molar-refractivity contribution in [2.24, 2.45) is 11.1 Å². The van der Waals surface area contributed by atoms with Crippen molar-refractivity contribution in [1.82, 2.24) is 15.0 Å². The number of hydrogen-bond donors (Lipinski definition) is 3. The molecule has 0 aromatic carbocycles. The molecule has 0 amide bonds. The maximum absolute atomic E-state index is 10.1. The fourth-order valence-electron chi connectivity index (χ4n) is 5.50. The van der Waals surface area contributed by atoms with Crippen LogP contribution in [0.4, 0.5) is 11.6 Å². The molecule has 2 spiro atoms. The van der Waals surface area contributed by atoms with Gasteiger partial charge in [-0.3, -0.25) is 0 Å². The Hall–Kier alpha value is -2.14. The molecule has 0 unspecified atom stereocenters. The summed E-state index contributed by atoms with van der Waals surface area (Å²) in [6.45, 7) is 4.97. The maximum Gasteiger partial charge on any atom is 0.175 e. The molecule has 3 fully saturated rings. The molecule has 4 aliphatic rings. The Kier molecular flexibility index (Phi) is 5.59. The molecule has 1 aliphatic carbocycles. The van der Waals surface area contributed by atoms with Crippen molar-refractivity contribution in [1.29, 1.82) is 0 Å². The molecule has 2 atom stereocenters. The molecule has 182 valence electrons. The highest BCUT2D eigenvalue weighted by Crippen LogP contribution is 2.48. The number of piperidine rings is 1. The van der Waals surface area contributed by atoms with Gasteiger partial charge in [-0.2, -0.15) is 0 Å². The lowest BCUT2D eigenvalue weighted by atomic mass is 9.73. The predicted molar refractivity (Wildman–Crippen MR) is 129 cm³/mol. The lowest BCUT2D eigenvalue weighted by Crippen LogP contribution is -2.51. The topological polar surface area (TPSA) is 119 Å². The molecule has 9 nitrogen and oxygen atoms in total. The van der Waals surface area contributed by atoms with Crippen LogP contribution in [0.5, 0.6) is 5.75 Å². The van der Waals surface area contributed by atoms with Gasteiger partial charge in [-0.1, -0.05) is 11.8 Å². The van der Waals surface area contributed by atoms with E-state index in [1.807, 2.05) is 6.07 Å². The van der Waals surface area contributed by atoms with E-state index in [0.717, 1.165) is 79.1 Å². The van der Waals surface area contributed by atoms with Crippen molar-refractivity contribution in [2.75, 3.05) is 36.5 Å². The lowest BCUT2D eigenvalue weighted by molar-refractivity contribution is 0.0973. The number of aromatic nitrogens is 3. The van der Waals surface area contributed by atoms with Gasteiger partial charge in [-0.05, 0) is 38.7 Å². The minimum atomic E-state index is -0.160. The molecule has 5 heterocycles. The first-order chi connectivity index (χ1) is 16.5. The number of nitrogens with one attached hydrogen (secondary N) is 1. The molecule has 2 aromatic rings. The van der Waals surface area contributed by atoms with Crippen LogP contribution in [0.3, 0.4) is 0 Å². The maximum atomic E-state index is 10.1. The number of anilines is 2. The molecule has 4 N–H and O–H groups in total. The standard InChI is InChI=1S/C24H32N6O3S/c1-15-20(25)23(14-33-15)5-9-30(10-6-23)22-16(13-31)28-18(12-27-22)34-17-2-8-26-21-19(17)32-11-7-24(29-21)3-4-24/h2,8,12,15,20,31H,3-7,9-11,13-14,25H2,1H3,(H,26,29)/t15-,20+/m0/s1. The van der Waals surface area contributed by atoms with E-state index >= 15 is 0 Å². The number of aliphatic hydroxyl groups is 1. The minimum absolute atomic E-state index is 0.0464.